The van der Waals surface area contributed by atoms with Gasteiger partial charge in [-0.1, -0.05) is 16.9 Å². The lowest BCUT2D eigenvalue weighted by Gasteiger charge is -2.49. The van der Waals surface area contributed by atoms with Gasteiger partial charge in [-0.05, 0) is 11.5 Å². The Morgan fingerprint density at radius 3 is 2.97 bits per heavy atom. The van der Waals surface area contributed by atoms with E-state index in [1.807, 2.05) is 0 Å². The number of thioether (sulfide) groups is 2. The Labute approximate surface area is 199 Å². The molecule has 1 fully saturated rings. The molecule has 5 N–H and O–H groups in total. The van der Waals surface area contributed by atoms with Crippen molar-refractivity contribution < 1.29 is 24.3 Å². The van der Waals surface area contributed by atoms with Crippen LogP contribution in [-0.4, -0.2) is 73.0 Å². The Balaban J connectivity index is 1.49. The number of anilines is 1. The summed E-state index contributed by atoms with van der Waals surface area (Å²) in [5, 5.41) is 25.6. The van der Waals surface area contributed by atoms with E-state index in [0.29, 0.717) is 10.7 Å². The summed E-state index contributed by atoms with van der Waals surface area (Å²) in [5.41, 5.74) is 6.45. The molecule has 0 unspecified atom stereocenters. The van der Waals surface area contributed by atoms with Crippen molar-refractivity contribution in [2.24, 2.45) is 5.16 Å². The molecular weight excluding hydrogens is 490 g/mol. The van der Waals surface area contributed by atoms with Crippen LogP contribution in [0.25, 0.3) is 6.08 Å². The van der Waals surface area contributed by atoms with Gasteiger partial charge in [-0.3, -0.25) is 19.6 Å². The van der Waals surface area contributed by atoms with Gasteiger partial charge in [0.2, 0.25) is 0 Å². The lowest BCUT2D eigenvalue weighted by atomic mass is 10.0. The third-order valence-electron chi connectivity index (χ3n) is 4.57. The Hall–Kier alpha value is -3.30. The van der Waals surface area contributed by atoms with Gasteiger partial charge in [0, 0.05) is 27.8 Å². The second-order valence-electron chi connectivity index (χ2n) is 6.58. The third kappa shape index (κ3) is 4.60. The lowest BCUT2D eigenvalue weighted by molar-refractivity contribution is -0.150. The number of nitrogens with two attached hydrogens (primary N) is 1. The number of amides is 2. The zero-order valence-corrected chi connectivity index (χ0v) is 19.4. The number of aromatic amines is 1. The summed E-state index contributed by atoms with van der Waals surface area (Å²) >= 11 is 3.71. The van der Waals surface area contributed by atoms with Crippen LogP contribution in [0.4, 0.5) is 5.13 Å². The van der Waals surface area contributed by atoms with Gasteiger partial charge in [-0.25, -0.2) is 9.78 Å². The molecule has 2 aliphatic heterocycles. The number of carbonyl (C=O) groups is 3. The topological polar surface area (TPSA) is 176 Å². The first-order chi connectivity index (χ1) is 15.9. The summed E-state index contributed by atoms with van der Waals surface area (Å²) in [7, 11) is 1.28. The van der Waals surface area contributed by atoms with Gasteiger partial charge in [0.25, 0.3) is 11.8 Å². The number of thiazole rings is 1. The molecule has 4 heterocycles. The van der Waals surface area contributed by atoms with Crippen molar-refractivity contribution in [3.63, 3.8) is 0 Å². The van der Waals surface area contributed by atoms with Crippen LogP contribution >= 0.6 is 34.9 Å². The number of β-lactam (4-membered cyclic amide) rings is 1. The fraction of sp³-hybridized carbons (Fsp3) is 0.222. The van der Waals surface area contributed by atoms with E-state index in [1.54, 1.807) is 29.3 Å². The van der Waals surface area contributed by atoms with Crippen LogP contribution in [0.1, 0.15) is 11.3 Å². The van der Waals surface area contributed by atoms with Crippen LogP contribution in [0.3, 0.4) is 0 Å². The Morgan fingerprint density at radius 2 is 2.33 bits per heavy atom. The van der Waals surface area contributed by atoms with Crippen molar-refractivity contribution in [3.05, 3.63) is 45.0 Å². The summed E-state index contributed by atoms with van der Waals surface area (Å²) in [6.45, 7) is 0. The van der Waals surface area contributed by atoms with E-state index in [2.05, 4.69) is 25.7 Å². The fourth-order valence-corrected chi connectivity index (χ4v) is 6.03. The number of fused-ring (bicyclic) bond motifs is 1. The lowest BCUT2D eigenvalue weighted by Crippen LogP contribution is -2.71. The number of aromatic nitrogens is 3. The second-order valence-corrected chi connectivity index (χ2v) is 9.58. The van der Waals surface area contributed by atoms with E-state index < -0.39 is 29.2 Å². The van der Waals surface area contributed by atoms with Gasteiger partial charge in [0.05, 0.1) is 6.20 Å². The molecule has 2 aliphatic rings. The van der Waals surface area contributed by atoms with Gasteiger partial charge < -0.3 is 21.0 Å². The normalized spacial score (nSPS) is 20.6. The van der Waals surface area contributed by atoms with Crippen molar-refractivity contribution >= 4 is 69.6 Å². The van der Waals surface area contributed by atoms with Gasteiger partial charge in [0.1, 0.15) is 29.9 Å². The average Bonchev–Trinajstić information content (AvgIpc) is 3.46. The molecule has 4 rings (SSSR count). The van der Waals surface area contributed by atoms with Crippen molar-refractivity contribution in [2.75, 3.05) is 18.6 Å². The van der Waals surface area contributed by atoms with Gasteiger partial charge in [0.15, 0.2) is 10.8 Å². The SMILES string of the molecule is CO/N=C(\C(=O)N[C@@H]1C(=O)N2C(C(=O)O)=C(S/C=C/c3cn[nH]c3)CS[C@H]12)c1csc(N)n1. The number of nitrogens with one attached hydrogen (secondary N) is 2. The highest BCUT2D eigenvalue weighted by molar-refractivity contribution is 8.08. The molecule has 2 aromatic heterocycles. The molecular formula is C18H17N7O5S3. The highest BCUT2D eigenvalue weighted by Gasteiger charge is 2.54. The van der Waals surface area contributed by atoms with E-state index in [1.165, 1.54) is 35.5 Å². The van der Waals surface area contributed by atoms with Crippen LogP contribution in [0, 0.1) is 0 Å². The number of aliphatic carboxylic acids is 1. The molecule has 2 amide bonds. The largest absolute Gasteiger partial charge is 0.477 e. The van der Waals surface area contributed by atoms with Gasteiger partial charge >= 0.3 is 5.97 Å². The number of carbonyl (C=O) groups excluding carboxylic acids is 2. The predicted molar refractivity (Wildman–Crippen MR) is 125 cm³/mol. The highest BCUT2D eigenvalue weighted by Crippen LogP contribution is 2.43. The van der Waals surface area contributed by atoms with E-state index in [-0.39, 0.29) is 22.2 Å². The van der Waals surface area contributed by atoms with Crippen molar-refractivity contribution in [1.29, 1.82) is 0 Å². The number of carboxylic acids is 1. The minimum Gasteiger partial charge on any atom is -0.477 e. The minimum atomic E-state index is -1.21. The number of oxime groups is 1. The molecule has 1 saturated heterocycles. The van der Waals surface area contributed by atoms with Crippen molar-refractivity contribution in [3.8, 4) is 0 Å². The maximum Gasteiger partial charge on any atom is 0.353 e. The zero-order chi connectivity index (χ0) is 23.5. The molecule has 0 spiro atoms. The van der Waals surface area contributed by atoms with Crippen LogP contribution < -0.4 is 11.1 Å². The van der Waals surface area contributed by atoms with Crippen LogP contribution in [-0.2, 0) is 19.2 Å². The summed E-state index contributed by atoms with van der Waals surface area (Å²) < 4.78 is 0. The number of rotatable bonds is 8. The third-order valence-corrected chi connectivity index (χ3v) is 7.61. The maximum atomic E-state index is 12.8. The number of nitrogen functional groups attached to an aromatic ring is 1. The van der Waals surface area contributed by atoms with E-state index in [9.17, 15) is 19.5 Å². The quantitative estimate of drug-likeness (QED) is 0.228. The van der Waals surface area contributed by atoms with Crippen molar-refractivity contribution in [1.82, 2.24) is 25.4 Å². The van der Waals surface area contributed by atoms with E-state index >= 15 is 0 Å². The predicted octanol–water partition coefficient (Wildman–Crippen LogP) is 0.899. The van der Waals surface area contributed by atoms with Crippen LogP contribution in [0.15, 0.2) is 38.9 Å². The summed E-state index contributed by atoms with van der Waals surface area (Å²) in [5.74, 6) is -2.05. The number of hydrogen-bond donors (Lipinski definition) is 4. The second kappa shape index (κ2) is 9.68. The van der Waals surface area contributed by atoms with E-state index in [0.717, 1.165) is 16.9 Å². The summed E-state index contributed by atoms with van der Waals surface area (Å²) in [4.78, 5) is 48.0. The van der Waals surface area contributed by atoms with E-state index in [4.69, 9.17) is 10.6 Å². The molecule has 33 heavy (non-hydrogen) atoms. The summed E-state index contributed by atoms with van der Waals surface area (Å²) in [6.07, 6.45) is 5.10. The Bertz CT molecular complexity index is 1170. The monoisotopic (exact) mass is 507 g/mol. The molecule has 0 saturated carbocycles. The highest BCUT2D eigenvalue weighted by atomic mass is 32.2. The molecule has 12 nitrogen and oxygen atoms in total. The van der Waals surface area contributed by atoms with Crippen molar-refractivity contribution in [2.45, 2.75) is 11.4 Å². The molecule has 0 aromatic carbocycles. The molecule has 0 aliphatic carbocycles. The Kier molecular flexibility index (Phi) is 6.71. The average molecular weight is 508 g/mol. The molecule has 0 radical (unpaired) electrons. The number of H-pyrrole nitrogens is 1. The first-order valence-corrected chi connectivity index (χ1v) is 12.1. The number of hydrogen-bond acceptors (Lipinski definition) is 11. The van der Waals surface area contributed by atoms with Gasteiger partial charge in [-0.2, -0.15) is 5.10 Å². The van der Waals surface area contributed by atoms with Gasteiger partial charge in [-0.15, -0.1) is 23.1 Å². The zero-order valence-electron chi connectivity index (χ0n) is 16.9. The molecule has 15 heteroatoms. The molecule has 2 aromatic rings. The molecule has 172 valence electrons. The minimum absolute atomic E-state index is 0.0888. The maximum absolute atomic E-state index is 12.8. The summed E-state index contributed by atoms with van der Waals surface area (Å²) in [6, 6.07) is -0.914. The first kappa shape index (κ1) is 22.9. The standard InChI is InChI=1S/C18H17N7O5S3/c1-30-24-11(9-6-33-18(19)22-9)14(26)23-12-15(27)25-13(17(28)29)10(7-32-16(12)25)31-3-2-8-4-20-21-5-8/h2-6,12,16H,7H2,1H3,(H2,19,22)(H,20,21)(H,23,26)(H,28,29)/b3-2+,24-11-/t12-,16-/m1/s1. The number of carboxylic acid groups (broad SMARTS) is 1. The Morgan fingerprint density at radius 1 is 1.52 bits per heavy atom. The number of nitrogens with zero attached hydrogens (tertiary/aromatic N) is 4. The molecule has 2 atom stereocenters. The first-order valence-electron chi connectivity index (χ1n) is 9.27. The van der Waals surface area contributed by atoms with Crippen LogP contribution in [0.5, 0.6) is 0 Å². The fourth-order valence-electron chi connectivity index (χ4n) is 3.13. The smallest absolute Gasteiger partial charge is 0.353 e. The molecule has 0 bridgehead atoms. The van der Waals surface area contributed by atoms with Crippen LogP contribution in [0.2, 0.25) is 0 Å².